The van der Waals surface area contributed by atoms with E-state index in [0.29, 0.717) is 17.7 Å². The molecule has 0 saturated heterocycles. The Hall–Kier alpha value is -1.55. The number of hydrogen-bond acceptors (Lipinski definition) is 4. The molecule has 0 unspecified atom stereocenters. The van der Waals surface area contributed by atoms with Gasteiger partial charge in [-0.05, 0) is 18.2 Å². The van der Waals surface area contributed by atoms with Crippen molar-refractivity contribution in [3.05, 3.63) is 29.8 Å². The molecule has 0 saturated carbocycles. The second-order valence-corrected chi connectivity index (χ2v) is 2.95. The van der Waals surface area contributed by atoms with E-state index in [1.807, 2.05) is 0 Å². The van der Waals surface area contributed by atoms with Gasteiger partial charge in [0.25, 0.3) is 0 Å². The highest BCUT2D eigenvalue weighted by atomic mass is 16.5. The van der Waals surface area contributed by atoms with Crippen LogP contribution >= 0.6 is 0 Å². The number of carbonyl (C=O) groups excluding carboxylic acids is 1. The van der Waals surface area contributed by atoms with Gasteiger partial charge >= 0.3 is 5.97 Å². The number of carbonyl (C=O) groups is 1. The maximum atomic E-state index is 11.4. The van der Waals surface area contributed by atoms with Gasteiger partial charge in [0, 0.05) is 13.0 Å². The van der Waals surface area contributed by atoms with E-state index in [4.69, 9.17) is 14.6 Å². The van der Waals surface area contributed by atoms with Gasteiger partial charge in [-0.25, -0.2) is 4.79 Å². The van der Waals surface area contributed by atoms with Crippen LogP contribution in [0.25, 0.3) is 0 Å². The molecule has 0 spiro atoms. The van der Waals surface area contributed by atoms with Crippen LogP contribution in [0.15, 0.2) is 24.3 Å². The molecule has 1 N–H and O–H groups in total. The Balaban J connectivity index is 2.57. The van der Waals surface area contributed by atoms with Crippen LogP contribution in [-0.4, -0.2) is 31.4 Å². The van der Waals surface area contributed by atoms with Crippen LogP contribution in [0.4, 0.5) is 0 Å². The van der Waals surface area contributed by atoms with Crippen molar-refractivity contribution in [1.82, 2.24) is 0 Å². The third-order valence-electron chi connectivity index (χ3n) is 1.84. The van der Waals surface area contributed by atoms with Crippen LogP contribution in [-0.2, 0) is 4.74 Å². The second kappa shape index (κ2) is 6.03. The summed E-state index contributed by atoms with van der Waals surface area (Å²) in [7, 11) is 1.54. The summed E-state index contributed by atoms with van der Waals surface area (Å²) in [6, 6.07) is 6.75. The molecule has 0 heterocycles. The van der Waals surface area contributed by atoms with Gasteiger partial charge in [0.1, 0.15) is 5.75 Å². The lowest BCUT2D eigenvalue weighted by molar-refractivity contribution is 0.0482. The van der Waals surface area contributed by atoms with Crippen LogP contribution < -0.4 is 4.74 Å². The Morgan fingerprint density at radius 3 is 2.93 bits per heavy atom. The molecule has 0 aromatic heterocycles. The number of ether oxygens (including phenoxy) is 2. The Kier molecular flexibility index (Phi) is 4.63. The largest absolute Gasteiger partial charge is 0.497 e. The first-order valence-corrected chi connectivity index (χ1v) is 4.70. The van der Waals surface area contributed by atoms with E-state index < -0.39 is 5.97 Å². The van der Waals surface area contributed by atoms with Gasteiger partial charge in [-0.15, -0.1) is 0 Å². The van der Waals surface area contributed by atoms with Crippen LogP contribution in [0.5, 0.6) is 5.75 Å². The minimum Gasteiger partial charge on any atom is -0.497 e. The highest BCUT2D eigenvalue weighted by molar-refractivity contribution is 5.89. The normalized spacial score (nSPS) is 9.73. The summed E-state index contributed by atoms with van der Waals surface area (Å²) >= 11 is 0. The van der Waals surface area contributed by atoms with Crippen LogP contribution in [0, 0.1) is 0 Å². The summed E-state index contributed by atoms with van der Waals surface area (Å²) in [5, 5.41) is 8.52. The first-order chi connectivity index (χ1) is 7.27. The van der Waals surface area contributed by atoms with Gasteiger partial charge < -0.3 is 14.6 Å². The van der Waals surface area contributed by atoms with Crippen molar-refractivity contribution in [3.8, 4) is 5.75 Å². The first-order valence-electron chi connectivity index (χ1n) is 4.70. The Morgan fingerprint density at radius 2 is 2.27 bits per heavy atom. The first kappa shape index (κ1) is 11.5. The van der Waals surface area contributed by atoms with Crippen LogP contribution in [0.3, 0.4) is 0 Å². The smallest absolute Gasteiger partial charge is 0.338 e. The molecule has 0 atom stereocenters. The quantitative estimate of drug-likeness (QED) is 0.586. The van der Waals surface area contributed by atoms with Gasteiger partial charge in [0.05, 0.1) is 19.3 Å². The Bertz CT molecular complexity index is 322. The molecule has 15 heavy (non-hydrogen) atoms. The summed E-state index contributed by atoms with van der Waals surface area (Å²) < 4.78 is 9.90. The third-order valence-corrected chi connectivity index (χ3v) is 1.84. The number of esters is 1. The number of methoxy groups -OCH3 is 1. The fourth-order valence-corrected chi connectivity index (χ4v) is 1.06. The minimum atomic E-state index is -0.401. The fourth-order valence-electron chi connectivity index (χ4n) is 1.06. The molecule has 1 rings (SSSR count). The van der Waals surface area contributed by atoms with Crippen LogP contribution in [0.2, 0.25) is 0 Å². The lowest BCUT2D eigenvalue weighted by Gasteiger charge is -2.05. The van der Waals surface area contributed by atoms with Crippen molar-refractivity contribution in [2.75, 3.05) is 20.3 Å². The molecular formula is C11H14O4. The van der Waals surface area contributed by atoms with Gasteiger partial charge in [0.15, 0.2) is 0 Å². The standard InChI is InChI=1S/C11H14O4/c1-14-10-5-2-4-9(8-10)11(13)15-7-3-6-12/h2,4-5,8,12H,3,6-7H2,1H3. The van der Waals surface area contributed by atoms with E-state index in [1.165, 1.54) is 7.11 Å². The molecular weight excluding hydrogens is 196 g/mol. The van der Waals surface area contributed by atoms with Crippen molar-refractivity contribution in [2.45, 2.75) is 6.42 Å². The molecule has 0 fully saturated rings. The summed E-state index contributed by atoms with van der Waals surface area (Å²) in [4.78, 5) is 11.4. The molecule has 0 bridgehead atoms. The summed E-state index contributed by atoms with van der Waals surface area (Å²) in [6.07, 6.45) is 0.454. The number of aliphatic hydroxyl groups excluding tert-OH is 1. The molecule has 0 aliphatic rings. The molecule has 1 aromatic carbocycles. The molecule has 4 heteroatoms. The molecule has 4 nitrogen and oxygen atoms in total. The Morgan fingerprint density at radius 1 is 1.47 bits per heavy atom. The average molecular weight is 210 g/mol. The third kappa shape index (κ3) is 3.59. The zero-order valence-corrected chi connectivity index (χ0v) is 8.60. The van der Waals surface area contributed by atoms with Crippen molar-refractivity contribution >= 4 is 5.97 Å². The highest BCUT2D eigenvalue weighted by Crippen LogP contribution is 2.13. The second-order valence-electron chi connectivity index (χ2n) is 2.95. The summed E-state index contributed by atoms with van der Waals surface area (Å²) in [5.41, 5.74) is 0.451. The van der Waals surface area contributed by atoms with Crippen molar-refractivity contribution in [2.24, 2.45) is 0 Å². The molecule has 82 valence electrons. The molecule has 0 aliphatic heterocycles. The Labute approximate surface area is 88.4 Å². The maximum absolute atomic E-state index is 11.4. The lowest BCUT2D eigenvalue weighted by Crippen LogP contribution is -2.07. The monoisotopic (exact) mass is 210 g/mol. The van der Waals surface area contributed by atoms with Gasteiger partial charge in [-0.1, -0.05) is 6.07 Å². The molecule has 0 radical (unpaired) electrons. The van der Waals surface area contributed by atoms with E-state index >= 15 is 0 Å². The average Bonchev–Trinajstić information content (AvgIpc) is 2.29. The predicted octanol–water partition coefficient (Wildman–Crippen LogP) is 1.23. The fraction of sp³-hybridized carbons (Fsp3) is 0.364. The van der Waals surface area contributed by atoms with E-state index in [-0.39, 0.29) is 13.2 Å². The van der Waals surface area contributed by atoms with E-state index in [9.17, 15) is 4.79 Å². The topological polar surface area (TPSA) is 55.8 Å². The van der Waals surface area contributed by atoms with Gasteiger partial charge in [-0.3, -0.25) is 0 Å². The molecule has 1 aromatic rings. The highest BCUT2D eigenvalue weighted by Gasteiger charge is 2.07. The lowest BCUT2D eigenvalue weighted by atomic mass is 10.2. The minimum absolute atomic E-state index is 0.0192. The maximum Gasteiger partial charge on any atom is 0.338 e. The van der Waals surface area contributed by atoms with Crippen molar-refractivity contribution in [1.29, 1.82) is 0 Å². The zero-order valence-electron chi connectivity index (χ0n) is 8.60. The summed E-state index contributed by atoms with van der Waals surface area (Å²) in [5.74, 6) is 0.217. The summed E-state index contributed by atoms with van der Waals surface area (Å²) in [6.45, 7) is 0.248. The predicted molar refractivity (Wildman–Crippen MR) is 55.0 cm³/mol. The van der Waals surface area contributed by atoms with E-state index in [1.54, 1.807) is 24.3 Å². The van der Waals surface area contributed by atoms with Gasteiger partial charge in [0.2, 0.25) is 0 Å². The molecule has 0 amide bonds. The number of rotatable bonds is 5. The van der Waals surface area contributed by atoms with E-state index in [2.05, 4.69) is 0 Å². The van der Waals surface area contributed by atoms with Crippen molar-refractivity contribution in [3.63, 3.8) is 0 Å². The van der Waals surface area contributed by atoms with Crippen LogP contribution in [0.1, 0.15) is 16.8 Å². The van der Waals surface area contributed by atoms with Gasteiger partial charge in [-0.2, -0.15) is 0 Å². The van der Waals surface area contributed by atoms with E-state index in [0.717, 1.165) is 0 Å². The van der Waals surface area contributed by atoms with Crippen molar-refractivity contribution < 1.29 is 19.4 Å². The number of hydrogen-bond donors (Lipinski definition) is 1. The SMILES string of the molecule is COc1cccc(C(=O)OCCCO)c1. The number of aliphatic hydroxyl groups is 1. The molecule has 0 aliphatic carbocycles. The number of benzene rings is 1. The zero-order chi connectivity index (χ0) is 11.1.